The van der Waals surface area contributed by atoms with Gasteiger partial charge < -0.3 is 34.6 Å². The van der Waals surface area contributed by atoms with Crippen LogP contribution in [0.15, 0.2) is 48.9 Å². The van der Waals surface area contributed by atoms with Crippen LogP contribution in [-0.2, 0) is 27.1 Å². The highest BCUT2D eigenvalue weighted by Crippen LogP contribution is 2.28. The second kappa shape index (κ2) is 14.3. The lowest BCUT2D eigenvalue weighted by atomic mass is 10.00. The van der Waals surface area contributed by atoms with E-state index in [1.807, 2.05) is 54.0 Å². The molecule has 6 rings (SSSR count). The van der Waals surface area contributed by atoms with Crippen molar-refractivity contribution in [2.24, 2.45) is 0 Å². The Kier molecular flexibility index (Phi) is 10.0. The molecule has 0 radical (unpaired) electrons. The maximum absolute atomic E-state index is 14.1. The van der Waals surface area contributed by atoms with E-state index in [0.717, 1.165) is 86.3 Å². The lowest BCUT2D eigenvalue weighted by Gasteiger charge is -2.42. The molecule has 3 amide bonds. The first-order chi connectivity index (χ1) is 22.3. The normalized spacial score (nSPS) is 20.9. The molecule has 1 atom stereocenters. The number of nitrogens with one attached hydrogen (secondary N) is 1. The monoisotopic (exact) mass is 631 g/mol. The van der Waals surface area contributed by atoms with Gasteiger partial charge in [0.25, 0.3) is 5.91 Å². The fourth-order valence-corrected chi connectivity index (χ4v) is 7.52. The predicted molar refractivity (Wildman–Crippen MR) is 178 cm³/mol. The Morgan fingerprint density at radius 1 is 0.957 bits per heavy atom. The van der Waals surface area contributed by atoms with E-state index in [2.05, 4.69) is 27.8 Å². The lowest BCUT2D eigenvalue weighted by Crippen LogP contribution is -2.55. The van der Waals surface area contributed by atoms with E-state index in [0.29, 0.717) is 51.1 Å². The highest BCUT2D eigenvalue weighted by Gasteiger charge is 2.34. The molecule has 0 spiro atoms. The van der Waals surface area contributed by atoms with Gasteiger partial charge in [-0.2, -0.15) is 0 Å². The molecule has 3 saturated heterocycles. The molecule has 4 aliphatic rings. The zero-order valence-corrected chi connectivity index (χ0v) is 27.4. The smallest absolute Gasteiger partial charge is 0.322 e. The summed E-state index contributed by atoms with van der Waals surface area (Å²) in [7, 11) is 0. The first-order valence-electron chi connectivity index (χ1n) is 16.9. The summed E-state index contributed by atoms with van der Waals surface area (Å²) in [5, 5.41) is 13.4. The van der Waals surface area contributed by atoms with Crippen LogP contribution in [0.1, 0.15) is 47.9 Å². The predicted octanol–water partition coefficient (Wildman–Crippen LogP) is 4.29. The lowest BCUT2D eigenvalue weighted by molar-refractivity contribution is -0.145. The molecular weight excluding hydrogens is 582 g/mol. The molecule has 0 aromatic heterocycles. The fraction of sp³-hybridized carbons (Fsp3) is 0.556. The van der Waals surface area contributed by atoms with E-state index in [1.165, 1.54) is 0 Å². The average Bonchev–Trinajstić information content (AvgIpc) is 3.25. The number of aromatic hydroxyl groups is 1. The fourth-order valence-electron chi connectivity index (χ4n) is 7.52. The van der Waals surface area contributed by atoms with Crippen LogP contribution in [0.3, 0.4) is 0 Å². The van der Waals surface area contributed by atoms with E-state index in [9.17, 15) is 14.7 Å². The van der Waals surface area contributed by atoms with Crippen LogP contribution < -0.4 is 5.32 Å². The van der Waals surface area contributed by atoms with Crippen molar-refractivity contribution in [3.05, 3.63) is 71.1 Å². The average molecular weight is 632 g/mol. The minimum Gasteiger partial charge on any atom is -0.507 e. The Morgan fingerprint density at radius 2 is 1.63 bits per heavy atom. The Hall–Kier alpha value is -3.76. The van der Waals surface area contributed by atoms with Crippen LogP contribution in [-0.4, -0.2) is 114 Å². The van der Waals surface area contributed by atoms with E-state index in [-0.39, 0.29) is 23.7 Å². The third-order valence-electron chi connectivity index (χ3n) is 10.3. The number of amides is 3. The number of rotatable bonds is 8. The van der Waals surface area contributed by atoms with Crippen LogP contribution in [0.5, 0.6) is 5.75 Å². The highest BCUT2D eigenvalue weighted by molar-refractivity contribution is 5.91. The number of para-hydroxylation sites is 1. The van der Waals surface area contributed by atoms with Gasteiger partial charge in [0, 0.05) is 83.2 Å². The van der Waals surface area contributed by atoms with Gasteiger partial charge in [0.2, 0.25) is 0 Å². The van der Waals surface area contributed by atoms with Gasteiger partial charge in [-0.15, -0.1) is 0 Å². The molecule has 4 heterocycles. The number of phenolic OH excluding ortho intramolecular Hbond substituents is 1. The number of anilines is 1. The standard InChI is InChI=1S/C36H49N5O5/c1-25-22-28(23-26(2)34(25)42)24-33(35(43)40-18-16-39(17-19-40)30-11-20-45-21-12-30)46-27(3)38-13-9-31(10-14-38)41-15-8-29-6-4-5-7-32(29)37-36(41)44/h4-7,22-23,30-31,33,42H,3,8-21,24H2,1-2H3,(H,37,44)/t33-/m1/s1. The van der Waals surface area contributed by atoms with Gasteiger partial charge in [-0.1, -0.05) is 30.3 Å². The van der Waals surface area contributed by atoms with Crippen molar-refractivity contribution in [2.75, 3.05) is 64.3 Å². The van der Waals surface area contributed by atoms with Crippen molar-refractivity contribution in [1.82, 2.24) is 19.6 Å². The summed E-state index contributed by atoms with van der Waals surface area (Å²) in [6, 6.07) is 12.5. The van der Waals surface area contributed by atoms with Gasteiger partial charge in [-0.25, -0.2) is 4.79 Å². The Labute approximate surface area is 272 Å². The van der Waals surface area contributed by atoms with Crippen LogP contribution in [0.4, 0.5) is 10.5 Å². The van der Waals surface area contributed by atoms with Gasteiger partial charge >= 0.3 is 6.03 Å². The minimum absolute atomic E-state index is 0.0214. The number of aryl methyl sites for hydroxylation is 2. The zero-order chi connectivity index (χ0) is 32.2. The van der Waals surface area contributed by atoms with E-state index in [1.54, 1.807) is 0 Å². The first-order valence-corrected chi connectivity index (χ1v) is 16.9. The Balaban J connectivity index is 1.09. The summed E-state index contributed by atoms with van der Waals surface area (Å²) in [4.78, 5) is 35.7. The largest absolute Gasteiger partial charge is 0.507 e. The number of fused-ring (bicyclic) bond motifs is 1. The second-order valence-electron chi connectivity index (χ2n) is 13.2. The topological polar surface area (TPSA) is 97.8 Å². The Bertz CT molecular complexity index is 1390. The van der Waals surface area contributed by atoms with Gasteiger partial charge in [0.15, 0.2) is 12.0 Å². The molecule has 0 saturated carbocycles. The molecule has 3 fully saturated rings. The maximum atomic E-state index is 14.1. The zero-order valence-electron chi connectivity index (χ0n) is 27.4. The van der Waals surface area contributed by atoms with Crippen molar-refractivity contribution >= 4 is 17.6 Å². The SMILES string of the molecule is C=C(O[C@H](Cc1cc(C)c(O)c(C)c1)C(=O)N1CCN(C2CCOCC2)CC1)N1CCC(N2CCc3ccccc3NC2=O)CC1. The van der Waals surface area contributed by atoms with Gasteiger partial charge in [-0.05, 0) is 80.9 Å². The number of likely N-dealkylation sites (tertiary alicyclic amines) is 1. The number of ether oxygens (including phenoxy) is 2. The van der Waals surface area contributed by atoms with Gasteiger partial charge in [0.1, 0.15) is 5.75 Å². The Morgan fingerprint density at radius 3 is 2.33 bits per heavy atom. The van der Waals surface area contributed by atoms with E-state index < -0.39 is 6.10 Å². The number of nitrogens with zero attached hydrogens (tertiary/aromatic N) is 4. The molecule has 0 unspecified atom stereocenters. The second-order valence-corrected chi connectivity index (χ2v) is 13.2. The number of benzene rings is 2. The minimum atomic E-state index is -0.724. The molecule has 248 valence electrons. The molecular formula is C36H49N5O5. The molecule has 0 aliphatic carbocycles. The summed E-state index contributed by atoms with van der Waals surface area (Å²) in [5.41, 5.74) is 4.58. The molecule has 2 aromatic carbocycles. The quantitative estimate of drug-likeness (QED) is 0.420. The molecule has 46 heavy (non-hydrogen) atoms. The third-order valence-corrected chi connectivity index (χ3v) is 10.3. The molecule has 4 aliphatic heterocycles. The summed E-state index contributed by atoms with van der Waals surface area (Å²) in [6.45, 7) is 14.8. The number of piperazine rings is 1. The summed E-state index contributed by atoms with van der Waals surface area (Å²) in [5.74, 6) is 0.760. The van der Waals surface area contributed by atoms with E-state index >= 15 is 0 Å². The molecule has 2 N–H and O–H groups in total. The summed E-state index contributed by atoms with van der Waals surface area (Å²) < 4.78 is 12.0. The van der Waals surface area contributed by atoms with Crippen molar-refractivity contribution < 1.29 is 24.2 Å². The third kappa shape index (κ3) is 7.28. The number of piperidine rings is 1. The van der Waals surface area contributed by atoms with Gasteiger partial charge in [-0.3, -0.25) is 9.69 Å². The number of urea groups is 1. The molecule has 10 heteroatoms. The molecule has 0 bridgehead atoms. The summed E-state index contributed by atoms with van der Waals surface area (Å²) in [6.07, 6.45) is 4.19. The number of carbonyl (C=O) groups excluding carboxylic acids is 2. The van der Waals surface area contributed by atoms with Crippen molar-refractivity contribution in [3.63, 3.8) is 0 Å². The number of carbonyl (C=O) groups is 2. The van der Waals surface area contributed by atoms with Crippen LogP contribution >= 0.6 is 0 Å². The van der Waals surface area contributed by atoms with Crippen LogP contribution in [0.2, 0.25) is 0 Å². The summed E-state index contributed by atoms with van der Waals surface area (Å²) >= 11 is 0. The van der Waals surface area contributed by atoms with Crippen molar-refractivity contribution in [1.29, 1.82) is 0 Å². The van der Waals surface area contributed by atoms with Crippen LogP contribution in [0.25, 0.3) is 0 Å². The number of hydrogen-bond acceptors (Lipinski definition) is 7. The van der Waals surface area contributed by atoms with E-state index in [4.69, 9.17) is 9.47 Å². The first kappa shape index (κ1) is 32.2. The van der Waals surface area contributed by atoms with Crippen molar-refractivity contribution in [3.8, 4) is 5.75 Å². The molecule has 10 nitrogen and oxygen atoms in total. The maximum Gasteiger partial charge on any atom is 0.322 e. The van der Waals surface area contributed by atoms with Gasteiger partial charge in [0.05, 0.1) is 0 Å². The van der Waals surface area contributed by atoms with Crippen molar-refractivity contribution in [2.45, 2.75) is 70.6 Å². The molecule has 2 aromatic rings. The highest BCUT2D eigenvalue weighted by atomic mass is 16.5. The van der Waals surface area contributed by atoms with Crippen LogP contribution in [0, 0.1) is 13.8 Å². The number of hydrogen-bond donors (Lipinski definition) is 2. The number of phenols is 1.